The first-order valence-electron chi connectivity index (χ1n) is 7.17. The van der Waals surface area contributed by atoms with E-state index in [0.717, 1.165) is 5.56 Å². The Kier molecular flexibility index (Phi) is 4.29. The van der Waals surface area contributed by atoms with Crippen LogP contribution in [0.5, 0.6) is 0 Å². The number of nitrogens with one attached hydrogen (secondary N) is 1. The van der Waals surface area contributed by atoms with Gasteiger partial charge in [-0.3, -0.25) is 4.79 Å². The zero-order valence-electron chi connectivity index (χ0n) is 13.0. The lowest BCUT2D eigenvalue weighted by molar-refractivity contribution is 0.470. The quantitative estimate of drug-likeness (QED) is 0.584. The van der Waals surface area contributed by atoms with Gasteiger partial charge in [0, 0.05) is 18.1 Å². The van der Waals surface area contributed by atoms with Gasteiger partial charge in [0.2, 0.25) is 11.8 Å². The second-order valence-corrected chi connectivity index (χ2v) is 6.46. The van der Waals surface area contributed by atoms with Crippen LogP contribution in [0, 0.1) is 13.8 Å². The van der Waals surface area contributed by atoms with Crippen LogP contribution in [-0.2, 0) is 0 Å². The first-order valence-corrected chi connectivity index (χ1v) is 8.05. The average Bonchev–Trinajstić information content (AvgIpc) is 2.98. The van der Waals surface area contributed by atoms with Crippen LogP contribution in [0.1, 0.15) is 29.5 Å². The van der Waals surface area contributed by atoms with Gasteiger partial charge in [-0.05, 0) is 13.8 Å². The maximum Gasteiger partial charge on any atom is 0.255 e. The monoisotopic (exact) mass is 328 g/mol. The predicted molar refractivity (Wildman–Crippen MR) is 88.3 cm³/mol. The molecule has 1 N–H and O–H groups in total. The third kappa shape index (κ3) is 3.34. The van der Waals surface area contributed by atoms with Crippen molar-refractivity contribution in [3.8, 4) is 11.3 Å². The molecule has 3 aromatic rings. The molecule has 0 spiro atoms. The summed E-state index contributed by atoms with van der Waals surface area (Å²) >= 11 is 1.38. The van der Waals surface area contributed by atoms with Crippen molar-refractivity contribution >= 4 is 11.8 Å². The molecule has 0 aliphatic carbocycles. The van der Waals surface area contributed by atoms with Crippen LogP contribution in [0.25, 0.3) is 11.3 Å². The summed E-state index contributed by atoms with van der Waals surface area (Å²) in [5.41, 5.74) is 2.06. The van der Waals surface area contributed by atoms with Gasteiger partial charge < -0.3 is 9.40 Å². The second kappa shape index (κ2) is 6.37. The Morgan fingerprint density at radius 2 is 1.91 bits per heavy atom. The fourth-order valence-electron chi connectivity index (χ4n) is 2.14. The summed E-state index contributed by atoms with van der Waals surface area (Å²) in [6, 6.07) is 9.66. The van der Waals surface area contributed by atoms with Crippen LogP contribution < -0.4 is 5.56 Å². The Hall–Kier alpha value is -2.41. The fourth-order valence-corrected chi connectivity index (χ4v) is 2.97. The van der Waals surface area contributed by atoms with Crippen LogP contribution in [0.2, 0.25) is 0 Å². The van der Waals surface area contributed by atoms with Crippen LogP contribution in [0.4, 0.5) is 0 Å². The highest BCUT2D eigenvalue weighted by Crippen LogP contribution is 2.32. The molecule has 0 unspecified atom stereocenters. The number of aryl methyl sites for hydroxylation is 1. The molecule has 1 atom stereocenters. The molecule has 1 aromatic carbocycles. The summed E-state index contributed by atoms with van der Waals surface area (Å²) in [6.45, 7) is 5.44. The van der Waals surface area contributed by atoms with Crippen LogP contribution in [-0.4, -0.2) is 20.2 Å². The average molecular weight is 328 g/mol. The van der Waals surface area contributed by atoms with Crippen LogP contribution in [0.3, 0.4) is 0 Å². The number of hydrogen-bond donors (Lipinski definition) is 1. The number of nitrogens with zero attached hydrogens (tertiary/aromatic N) is 3. The van der Waals surface area contributed by atoms with Gasteiger partial charge in [-0.15, -0.1) is 10.2 Å². The molecule has 0 bridgehead atoms. The molecule has 7 heteroatoms. The Morgan fingerprint density at radius 3 is 2.57 bits per heavy atom. The number of H-pyrrole nitrogens is 1. The van der Waals surface area contributed by atoms with E-state index in [0.29, 0.717) is 28.2 Å². The Morgan fingerprint density at radius 1 is 1.17 bits per heavy atom. The molecule has 0 radical (unpaired) electrons. The SMILES string of the molecule is Cc1nnc([C@@H](C)Sc2nc(-c3ccccc3)c(C)c(=O)[nH]2)o1. The maximum absolute atomic E-state index is 12.2. The first kappa shape index (κ1) is 15.5. The third-order valence-corrected chi connectivity index (χ3v) is 4.33. The zero-order valence-corrected chi connectivity index (χ0v) is 13.8. The number of aromatic amines is 1. The lowest BCUT2D eigenvalue weighted by atomic mass is 10.1. The molecule has 3 rings (SSSR count). The Balaban J connectivity index is 1.95. The third-order valence-electron chi connectivity index (χ3n) is 3.35. The summed E-state index contributed by atoms with van der Waals surface area (Å²) in [4.78, 5) is 19.6. The van der Waals surface area contributed by atoms with E-state index in [1.807, 2.05) is 37.3 Å². The molecular weight excluding hydrogens is 312 g/mol. The van der Waals surface area contributed by atoms with Gasteiger partial charge in [-0.2, -0.15) is 0 Å². The number of thioether (sulfide) groups is 1. The number of aromatic nitrogens is 4. The molecule has 23 heavy (non-hydrogen) atoms. The Labute approximate surface area is 137 Å². The van der Waals surface area contributed by atoms with Gasteiger partial charge >= 0.3 is 0 Å². The topological polar surface area (TPSA) is 84.7 Å². The van der Waals surface area contributed by atoms with E-state index in [-0.39, 0.29) is 10.8 Å². The van der Waals surface area contributed by atoms with E-state index < -0.39 is 0 Å². The van der Waals surface area contributed by atoms with Crippen molar-refractivity contribution in [2.75, 3.05) is 0 Å². The molecule has 118 valence electrons. The summed E-state index contributed by atoms with van der Waals surface area (Å²) in [5.74, 6) is 1.03. The summed E-state index contributed by atoms with van der Waals surface area (Å²) in [7, 11) is 0. The van der Waals surface area contributed by atoms with Gasteiger partial charge in [0.05, 0.1) is 10.9 Å². The highest BCUT2D eigenvalue weighted by Gasteiger charge is 2.17. The van der Waals surface area contributed by atoms with Gasteiger partial charge in [0.25, 0.3) is 5.56 Å². The van der Waals surface area contributed by atoms with Crippen molar-refractivity contribution in [1.29, 1.82) is 0 Å². The van der Waals surface area contributed by atoms with Gasteiger partial charge in [0.1, 0.15) is 0 Å². The van der Waals surface area contributed by atoms with E-state index in [1.165, 1.54) is 11.8 Å². The minimum atomic E-state index is -0.143. The molecule has 0 aliphatic heterocycles. The molecule has 2 aromatic heterocycles. The zero-order chi connectivity index (χ0) is 16.4. The predicted octanol–water partition coefficient (Wildman–Crippen LogP) is 3.29. The van der Waals surface area contributed by atoms with E-state index in [4.69, 9.17) is 4.42 Å². The van der Waals surface area contributed by atoms with Crippen molar-refractivity contribution in [3.63, 3.8) is 0 Å². The second-order valence-electron chi connectivity index (χ2n) is 5.13. The minimum Gasteiger partial charge on any atom is -0.424 e. The molecule has 0 amide bonds. The van der Waals surface area contributed by atoms with E-state index >= 15 is 0 Å². The first-order chi connectivity index (χ1) is 11.0. The molecule has 6 nitrogen and oxygen atoms in total. The molecule has 0 fully saturated rings. The highest BCUT2D eigenvalue weighted by molar-refractivity contribution is 7.99. The van der Waals surface area contributed by atoms with E-state index in [1.54, 1.807) is 13.8 Å². The molecule has 0 aliphatic rings. The maximum atomic E-state index is 12.2. The van der Waals surface area contributed by atoms with Gasteiger partial charge in [-0.1, -0.05) is 42.1 Å². The van der Waals surface area contributed by atoms with Gasteiger partial charge in [0.15, 0.2) is 5.16 Å². The lowest BCUT2D eigenvalue weighted by Crippen LogP contribution is -2.14. The molecule has 0 saturated heterocycles. The summed E-state index contributed by atoms with van der Waals surface area (Å²) in [6.07, 6.45) is 0. The van der Waals surface area contributed by atoms with Crippen molar-refractivity contribution in [2.24, 2.45) is 0 Å². The summed E-state index contributed by atoms with van der Waals surface area (Å²) in [5, 5.41) is 8.25. The van der Waals surface area contributed by atoms with E-state index in [2.05, 4.69) is 20.2 Å². The molecular formula is C16H16N4O2S. The normalized spacial score (nSPS) is 12.3. The highest BCUT2D eigenvalue weighted by atomic mass is 32.2. The molecule has 2 heterocycles. The molecule has 0 saturated carbocycles. The lowest BCUT2D eigenvalue weighted by Gasteiger charge is -2.09. The number of benzene rings is 1. The van der Waals surface area contributed by atoms with Crippen molar-refractivity contribution in [2.45, 2.75) is 31.2 Å². The summed E-state index contributed by atoms with van der Waals surface area (Å²) < 4.78 is 5.42. The van der Waals surface area contributed by atoms with Crippen LogP contribution >= 0.6 is 11.8 Å². The number of rotatable bonds is 4. The Bertz CT molecular complexity index is 873. The largest absolute Gasteiger partial charge is 0.424 e. The smallest absolute Gasteiger partial charge is 0.255 e. The van der Waals surface area contributed by atoms with Crippen molar-refractivity contribution < 1.29 is 4.42 Å². The van der Waals surface area contributed by atoms with E-state index in [9.17, 15) is 4.79 Å². The van der Waals surface area contributed by atoms with Crippen molar-refractivity contribution in [1.82, 2.24) is 20.2 Å². The standard InChI is InChI=1S/C16H16N4O2S/c1-9-13(12-7-5-4-6-8-12)17-16(18-14(9)21)23-10(2)15-20-19-11(3)22-15/h4-8,10H,1-3H3,(H,17,18,21)/t10-/m1/s1. The number of hydrogen-bond acceptors (Lipinski definition) is 6. The van der Waals surface area contributed by atoms with Gasteiger partial charge in [-0.25, -0.2) is 4.98 Å². The minimum absolute atomic E-state index is 0.106. The fraction of sp³-hybridized carbons (Fsp3) is 0.250. The van der Waals surface area contributed by atoms with Crippen LogP contribution in [0.15, 0.2) is 44.7 Å². The van der Waals surface area contributed by atoms with Crippen molar-refractivity contribution in [3.05, 3.63) is 58.0 Å².